The Kier molecular flexibility index (Phi) is 23.0. The van der Waals surface area contributed by atoms with E-state index in [-0.39, 0.29) is 55.2 Å². The lowest BCUT2D eigenvalue weighted by atomic mass is 10.1. The van der Waals surface area contributed by atoms with Gasteiger partial charge in [0.2, 0.25) is 0 Å². The molecule has 4 N–H and O–H groups in total. The molecule has 0 spiro atoms. The van der Waals surface area contributed by atoms with Gasteiger partial charge in [-0.1, -0.05) is 47.5 Å². The summed E-state index contributed by atoms with van der Waals surface area (Å²) in [6.45, 7) is 6.57. The molecule has 6 heterocycles. The van der Waals surface area contributed by atoms with Crippen molar-refractivity contribution in [2.24, 2.45) is 14.1 Å². The van der Waals surface area contributed by atoms with Gasteiger partial charge in [0.25, 0.3) is 43.2 Å². The first-order valence-electron chi connectivity index (χ1n) is 28.3. The molecule has 2 amide bonds. The number of nitrogens with zero attached hydrogens (tertiary/aromatic N) is 8. The van der Waals surface area contributed by atoms with Crippen molar-refractivity contribution in [1.82, 2.24) is 49.3 Å². The van der Waals surface area contributed by atoms with Gasteiger partial charge in [-0.05, 0) is 137 Å². The highest BCUT2D eigenvalue weighted by atomic mass is 32.2. The third-order valence-electron chi connectivity index (χ3n) is 14.4. The lowest BCUT2D eigenvalue weighted by Crippen LogP contribution is -2.34. The highest BCUT2D eigenvalue weighted by molar-refractivity contribution is 7.91. The number of benzene rings is 4. The first-order valence-corrected chi connectivity index (χ1v) is 35.0. The SMILES string of the molecule is Cc1c(-c2ccnn2C)cc(C(=O)NCc2ccc(S(C)(=O)=O)cn2)c(=O)n1-c1cccc(C(F)(F)F)c1.Cc1c(-c2ccnn2C)cc(C(=O)NCc2ccc(S(C)(=O)=O)cn2)c(=O)n1-c1cccc(C(F)(F)F)c1.Cc1ccc(S(=O)(=O)O)cc1.Cc1ccc(S(=O)(=O)O)cc1. The van der Waals surface area contributed by atoms with E-state index in [9.17, 15) is 79.2 Å². The summed E-state index contributed by atoms with van der Waals surface area (Å²) in [5.74, 6) is -1.57. The zero-order chi connectivity index (χ0) is 72.6. The van der Waals surface area contributed by atoms with Gasteiger partial charge in [0.05, 0.1) is 66.6 Å². The van der Waals surface area contributed by atoms with Crippen LogP contribution in [0.1, 0.15) is 65.7 Å². The second kappa shape index (κ2) is 30.0. The smallest absolute Gasteiger partial charge is 0.346 e. The summed E-state index contributed by atoms with van der Waals surface area (Å²) in [5.41, 5.74) is 0.877. The zero-order valence-electron chi connectivity index (χ0n) is 52.9. The maximum Gasteiger partial charge on any atom is 0.416 e. The molecule has 0 aliphatic heterocycles. The van der Waals surface area contributed by atoms with Gasteiger partial charge in [-0.3, -0.25) is 56.7 Å². The number of hydrogen-bond donors (Lipinski definition) is 4. The summed E-state index contributed by atoms with van der Waals surface area (Å²) in [6, 6.07) is 32.1. The second-order valence-electron chi connectivity index (χ2n) is 21.6. The molecule has 10 rings (SSSR count). The fourth-order valence-corrected chi connectivity index (χ4v) is 11.3. The number of alkyl halides is 6. The minimum Gasteiger partial charge on any atom is -0.346 e. The molecule has 0 unspecified atom stereocenters. The maximum absolute atomic E-state index is 13.5. The summed E-state index contributed by atoms with van der Waals surface area (Å²) in [4.78, 5) is 61.2. The first-order chi connectivity index (χ1) is 45.5. The molecule has 0 saturated carbocycles. The molecule has 516 valence electrons. The molecule has 0 aliphatic carbocycles. The van der Waals surface area contributed by atoms with E-state index >= 15 is 0 Å². The average Bonchev–Trinajstić information content (AvgIpc) is 1.12. The van der Waals surface area contributed by atoms with Gasteiger partial charge >= 0.3 is 12.4 Å². The van der Waals surface area contributed by atoms with Gasteiger partial charge in [0, 0.05) is 85.3 Å². The highest BCUT2D eigenvalue weighted by Gasteiger charge is 2.33. The lowest BCUT2D eigenvalue weighted by molar-refractivity contribution is -0.138. The molecule has 0 bridgehead atoms. The van der Waals surface area contributed by atoms with Crippen LogP contribution in [0, 0.1) is 27.7 Å². The molecule has 98 heavy (non-hydrogen) atoms. The molecule has 10 aromatic rings. The van der Waals surface area contributed by atoms with Crippen molar-refractivity contribution in [2.45, 2.75) is 72.7 Å². The largest absolute Gasteiger partial charge is 0.416 e. The Morgan fingerprint density at radius 1 is 0.469 bits per heavy atom. The predicted molar refractivity (Wildman–Crippen MR) is 347 cm³/mol. The molecule has 0 atom stereocenters. The van der Waals surface area contributed by atoms with Crippen molar-refractivity contribution in [3.63, 3.8) is 0 Å². The highest BCUT2D eigenvalue weighted by Crippen LogP contribution is 2.34. The number of nitrogens with one attached hydrogen (secondary N) is 2. The fourth-order valence-electron chi connectivity index (χ4n) is 9.21. The van der Waals surface area contributed by atoms with Crippen LogP contribution in [0.25, 0.3) is 33.9 Å². The Morgan fingerprint density at radius 3 is 1.06 bits per heavy atom. The van der Waals surface area contributed by atoms with E-state index in [1.807, 2.05) is 13.8 Å². The summed E-state index contributed by atoms with van der Waals surface area (Å²) in [7, 11) is -11.6. The lowest BCUT2D eigenvalue weighted by Gasteiger charge is -2.18. The molecule has 4 aromatic carbocycles. The van der Waals surface area contributed by atoms with Gasteiger partial charge in [-0.25, -0.2) is 16.8 Å². The number of halogens is 6. The Hall–Kier alpha value is -10.3. The Morgan fingerprint density at radius 2 is 0.796 bits per heavy atom. The maximum atomic E-state index is 13.5. The second-order valence-corrected chi connectivity index (χ2v) is 28.5. The van der Waals surface area contributed by atoms with Crippen LogP contribution in [-0.2, 0) is 79.4 Å². The van der Waals surface area contributed by atoms with Crippen molar-refractivity contribution in [1.29, 1.82) is 0 Å². The molecular weight excluding hydrogens is 1380 g/mol. The van der Waals surface area contributed by atoms with Crippen LogP contribution in [0.5, 0.6) is 0 Å². The standard InChI is InChI=1S/2C25H22F3N5O4S.2C7H8O3S/c2*1-15-20(22-9-10-31-32(22)2)12-21(23(34)30-13-17-7-8-19(14-29-17)38(3,36)37)24(35)33(15)18-6-4-5-16(11-18)25(26,27)28;2*1-6-2-4-7(5-3-6)11(8,9)10/h2*4-12,14H,13H2,1-3H3,(H,30,34);2*2-5H,1H3,(H,8,9,10). The van der Waals surface area contributed by atoms with Crippen molar-refractivity contribution in [3.05, 3.63) is 247 Å². The number of aromatic nitrogens is 8. The summed E-state index contributed by atoms with van der Waals surface area (Å²) in [6.07, 6.45) is -1.84. The Balaban J connectivity index is 0.000000211. The van der Waals surface area contributed by atoms with Crippen LogP contribution in [0.2, 0.25) is 0 Å². The van der Waals surface area contributed by atoms with Crippen LogP contribution < -0.4 is 21.8 Å². The third-order valence-corrected chi connectivity index (χ3v) is 18.3. The summed E-state index contributed by atoms with van der Waals surface area (Å²) < 4.78 is 191. The van der Waals surface area contributed by atoms with E-state index in [0.29, 0.717) is 45.3 Å². The van der Waals surface area contributed by atoms with E-state index in [1.165, 1.54) is 107 Å². The fraction of sp³-hybridized carbons (Fsp3) is 0.188. The van der Waals surface area contributed by atoms with Crippen LogP contribution in [0.3, 0.4) is 0 Å². The Labute approximate surface area is 557 Å². The molecule has 0 radical (unpaired) electrons. The Bertz CT molecular complexity index is 4890. The number of hydrogen-bond acceptors (Lipinski definition) is 16. The van der Waals surface area contributed by atoms with Crippen molar-refractivity contribution in [2.75, 3.05) is 12.5 Å². The van der Waals surface area contributed by atoms with Gasteiger partial charge in [-0.2, -0.15) is 53.4 Å². The van der Waals surface area contributed by atoms with E-state index < -0.39 is 86.3 Å². The number of rotatable bonds is 14. The van der Waals surface area contributed by atoms with Gasteiger partial charge in [0.15, 0.2) is 19.7 Å². The van der Waals surface area contributed by atoms with E-state index in [0.717, 1.165) is 69.4 Å². The number of pyridine rings is 4. The third kappa shape index (κ3) is 19.1. The molecule has 34 heteroatoms. The van der Waals surface area contributed by atoms with Gasteiger partial charge in [-0.15, -0.1) is 0 Å². The molecule has 6 aromatic heterocycles. The minimum absolute atomic E-state index is 0.0101. The van der Waals surface area contributed by atoms with Crippen LogP contribution in [-0.4, -0.2) is 106 Å². The monoisotopic (exact) mass is 1430 g/mol. The van der Waals surface area contributed by atoms with E-state index in [1.54, 1.807) is 64.3 Å². The number of carbonyl (C=O) groups excluding carboxylic acids is 2. The molecule has 0 saturated heterocycles. The molecule has 24 nitrogen and oxygen atoms in total. The van der Waals surface area contributed by atoms with Gasteiger partial charge < -0.3 is 10.6 Å². The van der Waals surface area contributed by atoms with Crippen molar-refractivity contribution >= 4 is 51.7 Å². The number of aryl methyl sites for hydroxylation is 4. The van der Waals surface area contributed by atoms with Crippen LogP contribution in [0.15, 0.2) is 200 Å². The normalized spacial score (nSPS) is 11.8. The quantitative estimate of drug-likeness (QED) is 0.0582. The van der Waals surface area contributed by atoms with Gasteiger partial charge in [0.1, 0.15) is 11.1 Å². The van der Waals surface area contributed by atoms with E-state index in [4.69, 9.17) is 9.11 Å². The molecule has 0 aliphatic rings. The first kappa shape index (κ1) is 75.1. The number of carbonyl (C=O) groups is 2. The topological polar surface area (TPSA) is 341 Å². The number of amides is 2. The van der Waals surface area contributed by atoms with Crippen LogP contribution in [0.4, 0.5) is 26.3 Å². The van der Waals surface area contributed by atoms with Crippen molar-refractivity contribution < 1.29 is 78.7 Å². The van der Waals surface area contributed by atoms with Crippen molar-refractivity contribution in [3.8, 4) is 33.9 Å². The predicted octanol–water partition coefficient (Wildman–Crippen LogP) is 9.07. The van der Waals surface area contributed by atoms with E-state index in [2.05, 4.69) is 30.8 Å². The average molecular weight is 1440 g/mol. The zero-order valence-corrected chi connectivity index (χ0v) is 56.1. The molecular formula is C64H60F6N10O14S4. The van der Waals surface area contributed by atoms with Crippen LogP contribution >= 0.6 is 0 Å². The summed E-state index contributed by atoms with van der Waals surface area (Å²) >= 11 is 0. The molecule has 0 fully saturated rings. The minimum atomic E-state index is -4.63. The summed E-state index contributed by atoms with van der Waals surface area (Å²) in [5, 5.41) is 13.4. The number of sulfone groups is 2.